The van der Waals surface area contributed by atoms with Gasteiger partial charge in [0.2, 0.25) is 11.6 Å². The van der Waals surface area contributed by atoms with E-state index in [0.29, 0.717) is 22.5 Å². The van der Waals surface area contributed by atoms with Crippen molar-refractivity contribution in [2.45, 2.75) is 20.8 Å². The number of anilines is 1. The lowest BCUT2D eigenvalue weighted by atomic mass is 9.94. The first-order valence-corrected chi connectivity index (χ1v) is 12.2. The second-order valence-corrected chi connectivity index (χ2v) is 9.02. The van der Waals surface area contributed by atoms with Crippen LogP contribution in [0.1, 0.15) is 25.0 Å². The molecule has 2 amide bonds. The van der Waals surface area contributed by atoms with Gasteiger partial charge in [0, 0.05) is 11.1 Å². The van der Waals surface area contributed by atoms with Gasteiger partial charge in [-0.25, -0.2) is 9.74 Å². The number of pyridine rings is 1. The zero-order chi connectivity index (χ0) is 29.0. The van der Waals surface area contributed by atoms with E-state index in [0.717, 1.165) is 9.47 Å². The molecule has 0 unspecified atom stereocenters. The van der Waals surface area contributed by atoms with Gasteiger partial charge in [0.05, 0.1) is 17.9 Å². The van der Waals surface area contributed by atoms with Crippen LogP contribution in [-0.2, 0) is 9.59 Å². The first-order chi connectivity index (χ1) is 19.2. The zero-order valence-corrected chi connectivity index (χ0v) is 22.0. The van der Waals surface area contributed by atoms with Crippen LogP contribution in [0.25, 0.3) is 16.6 Å². The molecule has 1 aliphatic heterocycles. The lowest BCUT2D eigenvalue weighted by Crippen LogP contribution is -2.42. The molecule has 4 rings (SSSR count). The van der Waals surface area contributed by atoms with Crippen molar-refractivity contribution in [3.8, 4) is 17.6 Å². The summed E-state index contributed by atoms with van der Waals surface area (Å²) in [4.78, 5) is 44.0. The summed E-state index contributed by atoms with van der Waals surface area (Å²) < 4.78 is 1.09. The highest BCUT2D eigenvalue weighted by molar-refractivity contribution is 6.31. The summed E-state index contributed by atoms with van der Waals surface area (Å²) in [6.45, 7) is 12.4. The monoisotopic (exact) mass is 528 g/mol. The number of imide groups is 1. The van der Waals surface area contributed by atoms with Crippen molar-refractivity contribution >= 4 is 29.3 Å². The second kappa shape index (κ2) is 11.3. The summed E-state index contributed by atoms with van der Waals surface area (Å²) in [6, 6.07) is 18.8. The van der Waals surface area contributed by atoms with E-state index in [-0.39, 0.29) is 28.0 Å². The van der Waals surface area contributed by atoms with E-state index < -0.39 is 23.3 Å². The number of allylic oxidation sites excluding steroid dienone is 4. The predicted octanol–water partition coefficient (Wildman–Crippen LogP) is 5.70. The molecule has 0 bridgehead atoms. The van der Waals surface area contributed by atoms with E-state index in [1.807, 2.05) is 6.07 Å². The number of para-hydroxylation sites is 2. The summed E-state index contributed by atoms with van der Waals surface area (Å²) in [7, 11) is 0. The molecule has 1 aromatic heterocycles. The molecule has 2 aromatic carbocycles. The Morgan fingerprint density at radius 1 is 0.975 bits per heavy atom. The summed E-state index contributed by atoms with van der Waals surface area (Å²) in [5, 5.41) is 20.3. The Labute approximate surface area is 231 Å². The van der Waals surface area contributed by atoms with E-state index in [4.69, 9.17) is 6.57 Å². The van der Waals surface area contributed by atoms with Crippen molar-refractivity contribution in [2.75, 3.05) is 4.90 Å². The van der Waals surface area contributed by atoms with Gasteiger partial charge in [0.1, 0.15) is 11.6 Å². The molecule has 3 aromatic rings. The maximum Gasteiger partial charge on any atom is 0.276 e. The van der Waals surface area contributed by atoms with Crippen molar-refractivity contribution in [3.63, 3.8) is 0 Å². The molecule has 2 heterocycles. The first kappa shape index (κ1) is 27.3. The van der Waals surface area contributed by atoms with Gasteiger partial charge in [-0.05, 0) is 62.2 Å². The van der Waals surface area contributed by atoms with Gasteiger partial charge in [-0.1, -0.05) is 60.2 Å². The molecule has 1 N–H and O–H groups in total. The van der Waals surface area contributed by atoms with E-state index in [2.05, 4.69) is 4.85 Å². The third kappa shape index (κ3) is 4.90. The van der Waals surface area contributed by atoms with E-state index in [9.17, 15) is 24.8 Å². The Bertz CT molecular complexity index is 1800. The maximum absolute atomic E-state index is 13.4. The molecule has 0 aliphatic carbocycles. The van der Waals surface area contributed by atoms with E-state index in [1.165, 1.54) is 6.08 Å². The highest BCUT2D eigenvalue weighted by atomic mass is 16.3. The predicted molar refractivity (Wildman–Crippen MR) is 153 cm³/mol. The topological polar surface area (TPSA) is 108 Å². The van der Waals surface area contributed by atoms with Gasteiger partial charge in [-0.2, -0.15) is 5.26 Å². The van der Waals surface area contributed by atoms with Crippen LogP contribution in [-0.4, -0.2) is 21.5 Å². The summed E-state index contributed by atoms with van der Waals surface area (Å²) in [6.07, 6.45) is 6.38. The summed E-state index contributed by atoms with van der Waals surface area (Å²) in [5.74, 6) is -1.66. The number of rotatable bonds is 5. The Morgan fingerprint density at radius 2 is 1.57 bits per heavy atom. The average Bonchev–Trinajstić information content (AvgIpc) is 2.94. The minimum Gasteiger partial charge on any atom is -0.502 e. The molecule has 0 fully saturated rings. The quantitative estimate of drug-likeness (QED) is 0.198. The largest absolute Gasteiger partial charge is 0.502 e. The number of carbonyl (C=O) groups excluding carboxylic acids is 2. The highest BCUT2D eigenvalue weighted by Gasteiger charge is 2.36. The van der Waals surface area contributed by atoms with Crippen molar-refractivity contribution in [1.82, 2.24) is 4.57 Å². The smallest absolute Gasteiger partial charge is 0.276 e. The van der Waals surface area contributed by atoms with Crippen molar-refractivity contribution in [2.24, 2.45) is 0 Å². The van der Waals surface area contributed by atoms with Crippen LogP contribution in [0, 0.1) is 24.8 Å². The van der Waals surface area contributed by atoms with Crippen LogP contribution in [0.5, 0.6) is 5.88 Å². The van der Waals surface area contributed by atoms with Gasteiger partial charge in [0.25, 0.3) is 17.4 Å². The molecule has 196 valence electrons. The van der Waals surface area contributed by atoms with E-state index >= 15 is 0 Å². The van der Waals surface area contributed by atoms with Gasteiger partial charge in [-0.3, -0.25) is 19.0 Å². The minimum atomic E-state index is -0.679. The molecule has 0 atom stereocenters. The lowest BCUT2D eigenvalue weighted by molar-refractivity contribution is -0.122. The van der Waals surface area contributed by atoms with Gasteiger partial charge in [0.15, 0.2) is 0 Å². The van der Waals surface area contributed by atoms with Crippen molar-refractivity contribution in [3.05, 3.63) is 134 Å². The third-order valence-corrected chi connectivity index (χ3v) is 6.52. The Kier molecular flexibility index (Phi) is 7.74. The first-order valence-electron chi connectivity index (χ1n) is 12.2. The number of nitriles is 1. The Balaban J connectivity index is 1.76. The number of nitrogens with zero attached hydrogens (tertiary/aromatic N) is 4. The third-order valence-electron chi connectivity index (χ3n) is 6.52. The number of benzene rings is 2. The van der Waals surface area contributed by atoms with Crippen LogP contribution in [0.2, 0.25) is 0 Å². The van der Waals surface area contributed by atoms with Crippen molar-refractivity contribution in [1.29, 1.82) is 5.26 Å². The number of hydrogen-bond acceptors (Lipinski definition) is 5. The summed E-state index contributed by atoms with van der Waals surface area (Å²) in [5.41, 5.74) is 1.82. The van der Waals surface area contributed by atoms with Crippen LogP contribution < -0.4 is 10.5 Å². The number of aromatic hydroxyl groups is 1. The Morgan fingerprint density at radius 3 is 2.15 bits per heavy atom. The normalized spacial score (nSPS) is 15.1. The Hall–Kier alpha value is -5.73. The fourth-order valence-corrected chi connectivity index (χ4v) is 4.33. The maximum atomic E-state index is 13.4. The number of aromatic nitrogens is 1. The SMILES string of the molecule is [C-]#[N+]c1c(C)c(C=CC(C)=C/C=C2\C(=O)N(c3ccccc3)C(=O)C(C#N)=C2C)c(=O)n(-c2ccccc2)c1O. The molecule has 8 heteroatoms. The second-order valence-electron chi connectivity index (χ2n) is 9.02. The molecular weight excluding hydrogens is 504 g/mol. The molecule has 1 aliphatic rings. The minimum absolute atomic E-state index is 0.0323. The van der Waals surface area contributed by atoms with E-state index in [1.54, 1.807) is 99.7 Å². The lowest BCUT2D eigenvalue weighted by Gasteiger charge is -2.27. The van der Waals surface area contributed by atoms with Crippen LogP contribution in [0.4, 0.5) is 11.4 Å². The number of carbonyl (C=O) groups is 2. The van der Waals surface area contributed by atoms with Crippen LogP contribution >= 0.6 is 0 Å². The standard InChI is InChI=1S/C32H24N4O4/c1-20(15-17-25-21(2)27(19-33)31(39)35(29(25)37)23-11-7-5-8-12-23)16-18-26-22(3)28(34-4)32(40)36(30(26)38)24-13-9-6-10-14-24/h5-18,40H,1-3H3/b18-16?,20-15?,25-17-. The molecule has 0 radical (unpaired) electrons. The van der Waals surface area contributed by atoms with Gasteiger partial charge < -0.3 is 5.11 Å². The number of amides is 2. The fraction of sp³-hybridized carbons (Fsp3) is 0.0938. The van der Waals surface area contributed by atoms with Crippen LogP contribution in [0.15, 0.2) is 106 Å². The van der Waals surface area contributed by atoms with Crippen LogP contribution in [0.3, 0.4) is 0 Å². The van der Waals surface area contributed by atoms with Gasteiger partial charge >= 0.3 is 0 Å². The fourth-order valence-electron chi connectivity index (χ4n) is 4.33. The zero-order valence-electron chi connectivity index (χ0n) is 22.0. The number of hydrogen-bond donors (Lipinski definition) is 1. The van der Waals surface area contributed by atoms with Crippen molar-refractivity contribution < 1.29 is 14.7 Å². The molecular formula is C32H24N4O4. The average molecular weight is 529 g/mol. The molecule has 0 spiro atoms. The molecule has 0 saturated heterocycles. The molecule has 8 nitrogen and oxygen atoms in total. The highest BCUT2D eigenvalue weighted by Crippen LogP contribution is 2.33. The van der Waals surface area contributed by atoms with Gasteiger partial charge in [-0.15, -0.1) is 0 Å². The molecule has 40 heavy (non-hydrogen) atoms. The summed E-state index contributed by atoms with van der Waals surface area (Å²) >= 11 is 0. The molecule has 0 saturated carbocycles.